The molecule has 1 amide bonds. The van der Waals surface area contributed by atoms with E-state index in [0.717, 1.165) is 12.8 Å². The second-order valence-corrected chi connectivity index (χ2v) is 10.8. The van der Waals surface area contributed by atoms with Gasteiger partial charge in [-0.05, 0) is 12.3 Å². The van der Waals surface area contributed by atoms with Crippen LogP contribution in [0.3, 0.4) is 0 Å². The first kappa shape index (κ1) is 32.9. The average molecular weight is 482 g/mol. The molecule has 0 rings (SSSR count). The quantitative estimate of drug-likeness (QED) is 0.121. The highest BCUT2D eigenvalue weighted by molar-refractivity contribution is 5.83. The van der Waals surface area contributed by atoms with Crippen LogP contribution >= 0.6 is 0 Å². The molecule has 0 aromatic carbocycles. The molecule has 0 aliphatic rings. The first-order chi connectivity index (χ1) is 16.5. The van der Waals surface area contributed by atoms with E-state index < -0.39 is 12.0 Å². The molecule has 0 heterocycles. The van der Waals surface area contributed by atoms with Crippen molar-refractivity contribution < 1.29 is 14.7 Å². The Morgan fingerprint density at radius 1 is 0.559 bits per heavy atom. The highest BCUT2D eigenvalue weighted by Crippen LogP contribution is 2.15. The summed E-state index contributed by atoms with van der Waals surface area (Å²) in [7, 11) is 0. The topological polar surface area (TPSA) is 66.4 Å². The Labute approximate surface area is 212 Å². The van der Waals surface area contributed by atoms with Gasteiger partial charge in [0.15, 0.2) is 0 Å². The minimum Gasteiger partial charge on any atom is -0.480 e. The van der Waals surface area contributed by atoms with Gasteiger partial charge in [-0.25, -0.2) is 4.79 Å². The summed E-state index contributed by atoms with van der Waals surface area (Å²) in [6.07, 6.45) is 30.2. The molecule has 0 aliphatic carbocycles. The molecular formula is C30H59NO3. The molecule has 0 saturated carbocycles. The lowest BCUT2D eigenvalue weighted by molar-refractivity contribution is -0.143. The van der Waals surface area contributed by atoms with Crippen LogP contribution in [0, 0.1) is 5.92 Å². The fourth-order valence-electron chi connectivity index (χ4n) is 4.65. The maximum atomic E-state index is 11.9. The number of hydrogen-bond donors (Lipinski definition) is 2. The van der Waals surface area contributed by atoms with Crippen molar-refractivity contribution in [3.63, 3.8) is 0 Å². The first-order valence-corrected chi connectivity index (χ1v) is 15.0. The third-order valence-corrected chi connectivity index (χ3v) is 7.01. The summed E-state index contributed by atoms with van der Waals surface area (Å²) in [5.41, 5.74) is 0. The smallest absolute Gasteiger partial charge is 0.326 e. The zero-order chi connectivity index (χ0) is 25.3. The molecule has 2 N–H and O–H groups in total. The van der Waals surface area contributed by atoms with Crippen molar-refractivity contribution in [2.24, 2.45) is 5.92 Å². The normalized spacial score (nSPS) is 12.2. The molecule has 0 fully saturated rings. The number of aliphatic carboxylic acids is 1. The molecule has 4 heteroatoms. The minimum absolute atomic E-state index is 0.0917. The van der Waals surface area contributed by atoms with Crippen molar-refractivity contribution in [2.75, 3.05) is 0 Å². The number of carboxylic acids is 1. The number of unbranched alkanes of at least 4 members (excludes halogenated alkanes) is 21. The number of nitrogens with one attached hydrogen (secondary N) is 1. The number of amides is 1. The Morgan fingerprint density at radius 2 is 0.853 bits per heavy atom. The van der Waals surface area contributed by atoms with Gasteiger partial charge in [0.1, 0.15) is 6.04 Å². The van der Waals surface area contributed by atoms with Gasteiger partial charge in [-0.15, -0.1) is 0 Å². The number of carbonyl (C=O) groups is 2. The van der Waals surface area contributed by atoms with Crippen molar-refractivity contribution in [1.82, 2.24) is 5.32 Å². The van der Waals surface area contributed by atoms with Crippen molar-refractivity contribution in [3.05, 3.63) is 0 Å². The zero-order valence-electron chi connectivity index (χ0n) is 23.2. The van der Waals surface area contributed by atoms with E-state index in [0.29, 0.717) is 6.42 Å². The summed E-state index contributed by atoms with van der Waals surface area (Å²) in [6, 6.07) is -0.771. The molecule has 0 aromatic heterocycles. The Hall–Kier alpha value is -1.06. The Bertz CT molecular complexity index is 464. The van der Waals surface area contributed by atoms with E-state index in [1.807, 2.05) is 13.8 Å². The summed E-state index contributed by atoms with van der Waals surface area (Å²) in [5.74, 6) is -1.17. The minimum atomic E-state index is -0.947. The number of carboxylic acid groups (broad SMARTS) is 1. The fourth-order valence-corrected chi connectivity index (χ4v) is 4.65. The van der Waals surface area contributed by atoms with Crippen molar-refractivity contribution in [1.29, 1.82) is 0 Å². The van der Waals surface area contributed by atoms with Crippen LogP contribution < -0.4 is 5.32 Å². The molecule has 1 atom stereocenters. The van der Waals surface area contributed by atoms with Gasteiger partial charge in [0, 0.05) is 6.42 Å². The van der Waals surface area contributed by atoms with Gasteiger partial charge >= 0.3 is 5.97 Å². The molecule has 0 unspecified atom stereocenters. The third kappa shape index (κ3) is 22.7. The standard InChI is InChI=1S/C30H59NO3/c1-4-5-6-7-8-9-10-11-12-13-14-15-16-17-18-19-20-21-22-23-24-25-26-28(32)31-29(27(2)3)30(33)34/h27,29H,4-26H2,1-3H3,(H,31,32)(H,33,34)/t29-/m0/s1. The third-order valence-electron chi connectivity index (χ3n) is 7.01. The largest absolute Gasteiger partial charge is 0.480 e. The van der Waals surface area contributed by atoms with Gasteiger partial charge < -0.3 is 10.4 Å². The fraction of sp³-hybridized carbons (Fsp3) is 0.933. The van der Waals surface area contributed by atoms with Crippen LogP contribution in [0.4, 0.5) is 0 Å². The first-order valence-electron chi connectivity index (χ1n) is 15.0. The predicted octanol–water partition coefficient (Wildman–Crippen LogP) is 9.20. The SMILES string of the molecule is CCCCCCCCCCCCCCCCCCCCCCCCC(=O)N[C@H](C(=O)O)C(C)C. The van der Waals surface area contributed by atoms with Gasteiger partial charge in [-0.2, -0.15) is 0 Å². The molecule has 202 valence electrons. The summed E-state index contributed by atoms with van der Waals surface area (Å²) in [6.45, 7) is 5.92. The molecule has 0 bridgehead atoms. The zero-order valence-corrected chi connectivity index (χ0v) is 23.2. The lowest BCUT2D eigenvalue weighted by Gasteiger charge is -2.17. The van der Waals surface area contributed by atoms with Crippen LogP contribution in [-0.4, -0.2) is 23.0 Å². The molecule has 34 heavy (non-hydrogen) atoms. The van der Waals surface area contributed by atoms with E-state index in [2.05, 4.69) is 12.2 Å². The van der Waals surface area contributed by atoms with E-state index >= 15 is 0 Å². The highest BCUT2D eigenvalue weighted by Gasteiger charge is 2.22. The molecule has 0 aromatic rings. The Balaban J connectivity index is 3.24. The Kier molecular flexibility index (Phi) is 24.3. The van der Waals surface area contributed by atoms with Crippen molar-refractivity contribution in [3.8, 4) is 0 Å². The summed E-state index contributed by atoms with van der Waals surface area (Å²) in [5, 5.41) is 11.8. The molecule has 0 saturated heterocycles. The molecule has 0 spiro atoms. The van der Waals surface area contributed by atoms with Crippen LogP contribution in [0.5, 0.6) is 0 Å². The van der Waals surface area contributed by atoms with Gasteiger partial charge in [-0.3, -0.25) is 4.79 Å². The maximum absolute atomic E-state index is 11.9. The molecule has 0 aliphatic heterocycles. The van der Waals surface area contributed by atoms with Crippen LogP contribution in [0.25, 0.3) is 0 Å². The van der Waals surface area contributed by atoms with E-state index in [4.69, 9.17) is 5.11 Å². The van der Waals surface area contributed by atoms with Crippen molar-refractivity contribution >= 4 is 11.9 Å². The highest BCUT2D eigenvalue weighted by atomic mass is 16.4. The summed E-state index contributed by atoms with van der Waals surface area (Å²) >= 11 is 0. The van der Waals surface area contributed by atoms with Crippen LogP contribution in [0.1, 0.15) is 168 Å². The van der Waals surface area contributed by atoms with Crippen molar-refractivity contribution in [2.45, 2.75) is 174 Å². The molecule has 0 radical (unpaired) electrons. The van der Waals surface area contributed by atoms with Gasteiger partial charge in [-0.1, -0.05) is 156 Å². The van der Waals surface area contributed by atoms with E-state index in [1.165, 1.54) is 128 Å². The average Bonchev–Trinajstić information content (AvgIpc) is 2.80. The second kappa shape index (κ2) is 25.0. The number of hydrogen-bond acceptors (Lipinski definition) is 2. The monoisotopic (exact) mass is 481 g/mol. The van der Waals surface area contributed by atoms with Gasteiger partial charge in [0.2, 0.25) is 5.91 Å². The lowest BCUT2D eigenvalue weighted by atomic mass is 10.0. The molecule has 4 nitrogen and oxygen atoms in total. The van der Waals surface area contributed by atoms with E-state index in [9.17, 15) is 9.59 Å². The summed E-state index contributed by atoms with van der Waals surface area (Å²) < 4.78 is 0. The van der Waals surface area contributed by atoms with E-state index in [-0.39, 0.29) is 11.8 Å². The molecular weight excluding hydrogens is 422 g/mol. The second-order valence-electron chi connectivity index (χ2n) is 10.8. The van der Waals surface area contributed by atoms with E-state index in [1.54, 1.807) is 0 Å². The lowest BCUT2D eigenvalue weighted by Crippen LogP contribution is -2.44. The van der Waals surface area contributed by atoms with Gasteiger partial charge in [0.25, 0.3) is 0 Å². The number of rotatable bonds is 26. The predicted molar refractivity (Wildman–Crippen MR) is 146 cm³/mol. The van der Waals surface area contributed by atoms with Gasteiger partial charge in [0.05, 0.1) is 0 Å². The Morgan fingerprint density at radius 3 is 1.12 bits per heavy atom. The van der Waals surface area contributed by atoms with Crippen LogP contribution in [0.15, 0.2) is 0 Å². The maximum Gasteiger partial charge on any atom is 0.326 e. The summed E-state index contributed by atoms with van der Waals surface area (Å²) in [4.78, 5) is 23.0. The van der Waals surface area contributed by atoms with Crippen LogP contribution in [-0.2, 0) is 9.59 Å². The number of carbonyl (C=O) groups excluding carboxylic acids is 1. The van der Waals surface area contributed by atoms with Crippen LogP contribution in [0.2, 0.25) is 0 Å².